The third kappa shape index (κ3) is 2.94. The van der Waals surface area contributed by atoms with Crippen LogP contribution in [0.25, 0.3) is 11.1 Å². The highest BCUT2D eigenvalue weighted by Gasteiger charge is 2.51. The number of benzene rings is 2. The largest absolute Gasteiger partial charge is 0.497 e. The highest BCUT2D eigenvalue weighted by molar-refractivity contribution is 6.62. The van der Waals surface area contributed by atoms with Crippen molar-refractivity contribution in [2.75, 3.05) is 7.11 Å². The zero-order valence-corrected chi connectivity index (χ0v) is 14.7. The summed E-state index contributed by atoms with van der Waals surface area (Å²) in [6, 6.07) is 12.3. The molecule has 1 aliphatic heterocycles. The van der Waals surface area contributed by atoms with Crippen LogP contribution in [-0.4, -0.2) is 25.4 Å². The normalized spacial score (nSPS) is 18.7. The maximum Gasteiger partial charge on any atom is 0.494 e. The minimum Gasteiger partial charge on any atom is -0.497 e. The summed E-state index contributed by atoms with van der Waals surface area (Å²) < 4.78 is 31.3. The minimum absolute atomic E-state index is 0.279. The fraction of sp³-hybridized carbons (Fsp3) is 0.368. The Hall–Kier alpha value is -1.85. The zero-order valence-electron chi connectivity index (χ0n) is 14.7. The van der Waals surface area contributed by atoms with Gasteiger partial charge in [-0.25, -0.2) is 4.39 Å². The van der Waals surface area contributed by atoms with Gasteiger partial charge in [0.15, 0.2) is 0 Å². The van der Waals surface area contributed by atoms with Gasteiger partial charge in [0.1, 0.15) is 11.6 Å². The second-order valence-electron chi connectivity index (χ2n) is 7.06. The summed E-state index contributed by atoms with van der Waals surface area (Å²) in [5.41, 5.74) is 1.45. The molecule has 0 amide bonds. The smallest absolute Gasteiger partial charge is 0.494 e. The van der Waals surface area contributed by atoms with Crippen LogP contribution < -0.4 is 10.2 Å². The Labute approximate surface area is 142 Å². The van der Waals surface area contributed by atoms with Crippen molar-refractivity contribution in [3.63, 3.8) is 0 Å². The molecule has 3 rings (SSSR count). The molecule has 0 N–H and O–H groups in total. The standard InChI is InChI=1S/C19H22BFO3/c1-18(2)19(3,4)24-20(23-18)14-8-6-13(7-9-14)16-12-15(22-5)10-11-17(16)21/h6-12H,1-5H3. The van der Waals surface area contributed by atoms with E-state index in [-0.39, 0.29) is 17.0 Å². The molecule has 1 aliphatic rings. The Kier molecular flexibility index (Phi) is 4.18. The van der Waals surface area contributed by atoms with Crippen LogP contribution in [0.3, 0.4) is 0 Å². The van der Waals surface area contributed by atoms with Crippen LogP contribution in [0, 0.1) is 5.82 Å². The van der Waals surface area contributed by atoms with Gasteiger partial charge in [0.25, 0.3) is 0 Å². The van der Waals surface area contributed by atoms with Crippen molar-refractivity contribution in [2.45, 2.75) is 38.9 Å². The van der Waals surface area contributed by atoms with Crippen LogP contribution in [0.5, 0.6) is 5.75 Å². The van der Waals surface area contributed by atoms with Gasteiger partial charge < -0.3 is 14.0 Å². The number of hydrogen-bond donors (Lipinski definition) is 0. The van der Waals surface area contributed by atoms with Crippen molar-refractivity contribution < 1.29 is 18.4 Å². The average Bonchev–Trinajstić information content (AvgIpc) is 2.76. The number of halogens is 1. The summed E-state index contributed by atoms with van der Waals surface area (Å²) in [6.07, 6.45) is 0. The first-order chi connectivity index (χ1) is 11.2. The molecule has 0 unspecified atom stereocenters. The second-order valence-corrected chi connectivity index (χ2v) is 7.06. The molecule has 3 nitrogen and oxygen atoms in total. The molecule has 0 aliphatic carbocycles. The highest BCUT2D eigenvalue weighted by atomic mass is 19.1. The van der Waals surface area contributed by atoms with Crippen LogP contribution in [-0.2, 0) is 9.31 Å². The van der Waals surface area contributed by atoms with Crippen LogP contribution in [0.4, 0.5) is 4.39 Å². The number of hydrogen-bond acceptors (Lipinski definition) is 3. The lowest BCUT2D eigenvalue weighted by molar-refractivity contribution is 0.00578. The van der Waals surface area contributed by atoms with Crippen molar-refractivity contribution in [2.24, 2.45) is 0 Å². The Morgan fingerprint density at radius 1 is 0.917 bits per heavy atom. The van der Waals surface area contributed by atoms with Crippen molar-refractivity contribution in [1.82, 2.24) is 0 Å². The van der Waals surface area contributed by atoms with Crippen molar-refractivity contribution in [1.29, 1.82) is 0 Å². The molecule has 5 heteroatoms. The van der Waals surface area contributed by atoms with Crippen LogP contribution in [0.1, 0.15) is 27.7 Å². The van der Waals surface area contributed by atoms with Gasteiger partial charge in [-0.15, -0.1) is 0 Å². The fourth-order valence-corrected chi connectivity index (χ4v) is 2.65. The number of methoxy groups -OCH3 is 1. The van der Waals surface area contributed by atoms with Crippen molar-refractivity contribution in [3.05, 3.63) is 48.3 Å². The van der Waals surface area contributed by atoms with Gasteiger partial charge in [0, 0.05) is 5.56 Å². The molecule has 0 atom stereocenters. The first-order valence-electron chi connectivity index (χ1n) is 8.03. The lowest BCUT2D eigenvalue weighted by Gasteiger charge is -2.32. The molecule has 24 heavy (non-hydrogen) atoms. The molecule has 0 spiro atoms. The summed E-state index contributed by atoms with van der Waals surface area (Å²) in [4.78, 5) is 0. The first-order valence-corrected chi connectivity index (χ1v) is 8.03. The monoisotopic (exact) mass is 328 g/mol. The van der Waals surface area contributed by atoms with Gasteiger partial charge in [0.2, 0.25) is 0 Å². The Balaban J connectivity index is 1.87. The molecule has 126 valence electrons. The predicted molar refractivity (Wildman–Crippen MR) is 94.1 cm³/mol. The van der Waals surface area contributed by atoms with Crippen molar-refractivity contribution >= 4 is 12.6 Å². The maximum absolute atomic E-state index is 14.1. The number of ether oxygens (including phenoxy) is 1. The molecule has 0 saturated carbocycles. The summed E-state index contributed by atoms with van der Waals surface area (Å²) in [6.45, 7) is 8.08. The molecule has 1 fully saturated rings. The van der Waals surface area contributed by atoms with E-state index in [1.807, 2.05) is 52.0 Å². The van der Waals surface area contributed by atoms with Crippen LogP contribution in [0.15, 0.2) is 42.5 Å². The Morgan fingerprint density at radius 2 is 1.50 bits per heavy atom. The lowest BCUT2D eigenvalue weighted by Crippen LogP contribution is -2.41. The van der Waals surface area contributed by atoms with E-state index >= 15 is 0 Å². The van der Waals surface area contributed by atoms with E-state index in [0.29, 0.717) is 11.3 Å². The molecule has 2 aromatic carbocycles. The number of rotatable bonds is 3. The quantitative estimate of drug-likeness (QED) is 0.802. The Bertz CT molecular complexity index is 725. The first kappa shape index (κ1) is 17.0. The fourth-order valence-electron chi connectivity index (χ4n) is 2.65. The summed E-state index contributed by atoms with van der Waals surface area (Å²) in [5.74, 6) is 0.348. The molecule has 0 bridgehead atoms. The van der Waals surface area contributed by atoms with E-state index in [2.05, 4.69) is 0 Å². The molecule has 1 saturated heterocycles. The zero-order chi connectivity index (χ0) is 17.5. The van der Waals surface area contributed by atoms with Gasteiger partial charge in [0.05, 0.1) is 18.3 Å². The second kappa shape index (κ2) is 5.90. The molecular weight excluding hydrogens is 306 g/mol. The van der Waals surface area contributed by atoms with E-state index in [4.69, 9.17) is 14.0 Å². The molecular formula is C19H22BFO3. The van der Waals surface area contributed by atoms with Gasteiger partial charge >= 0.3 is 7.12 Å². The molecule has 1 heterocycles. The van der Waals surface area contributed by atoms with Gasteiger partial charge in [-0.3, -0.25) is 0 Å². The van der Waals surface area contributed by atoms with Crippen molar-refractivity contribution in [3.8, 4) is 16.9 Å². The minimum atomic E-state index is -0.417. The topological polar surface area (TPSA) is 27.7 Å². The van der Waals surface area contributed by atoms with Gasteiger partial charge in [-0.2, -0.15) is 0 Å². The van der Waals surface area contributed by atoms with Crippen LogP contribution in [0.2, 0.25) is 0 Å². The van der Waals surface area contributed by atoms with Gasteiger partial charge in [-0.05, 0) is 56.9 Å². The van der Waals surface area contributed by atoms with Gasteiger partial charge in [-0.1, -0.05) is 24.3 Å². The summed E-state index contributed by atoms with van der Waals surface area (Å²) >= 11 is 0. The third-order valence-electron chi connectivity index (χ3n) is 4.92. The molecule has 2 aromatic rings. The highest BCUT2D eigenvalue weighted by Crippen LogP contribution is 2.36. The Morgan fingerprint density at radius 3 is 2.04 bits per heavy atom. The van der Waals surface area contributed by atoms with E-state index in [1.54, 1.807) is 19.2 Å². The predicted octanol–water partition coefficient (Wildman–Crippen LogP) is 3.80. The summed E-state index contributed by atoms with van der Waals surface area (Å²) in [5, 5.41) is 0. The maximum atomic E-state index is 14.1. The average molecular weight is 328 g/mol. The van der Waals surface area contributed by atoms with E-state index in [0.717, 1.165) is 11.0 Å². The molecule has 0 radical (unpaired) electrons. The van der Waals surface area contributed by atoms with Crippen LogP contribution >= 0.6 is 0 Å². The van der Waals surface area contributed by atoms with E-state index in [1.165, 1.54) is 6.07 Å². The summed E-state index contributed by atoms with van der Waals surface area (Å²) in [7, 11) is 1.15. The van der Waals surface area contributed by atoms with E-state index < -0.39 is 7.12 Å². The molecule has 0 aromatic heterocycles. The lowest BCUT2D eigenvalue weighted by atomic mass is 9.78. The van der Waals surface area contributed by atoms with E-state index in [9.17, 15) is 4.39 Å². The SMILES string of the molecule is COc1ccc(F)c(-c2ccc(B3OC(C)(C)C(C)(C)O3)cc2)c1. The third-order valence-corrected chi connectivity index (χ3v) is 4.92.